The Bertz CT molecular complexity index is 765. The van der Waals surface area contributed by atoms with Crippen LogP contribution in [0.5, 0.6) is 0 Å². The van der Waals surface area contributed by atoms with Gasteiger partial charge in [-0.1, -0.05) is 29.8 Å². The molecule has 0 aliphatic carbocycles. The Labute approximate surface area is 132 Å². The van der Waals surface area contributed by atoms with Gasteiger partial charge in [-0.25, -0.2) is 9.48 Å². The fourth-order valence-corrected chi connectivity index (χ4v) is 2.92. The van der Waals surface area contributed by atoms with E-state index in [1.807, 2.05) is 18.2 Å². The number of fused-ring (bicyclic) bond motifs is 1. The monoisotopic (exact) mass is 320 g/mol. The van der Waals surface area contributed by atoms with Gasteiger partial charge < -0.3 is 5.32 Å². The molecule has 2 heterocycles. The van der Waals surface area contributed by atoms with Crippen molar-refractivity contribution in [3.63, 3.8) is 0 Å². The van der Waals surface area contributed by atoms with E-state index in [1.54, 1.807) is 17.7 Å². The highest BCUT2D eigenvalue weighted by molar-refractivity contribution is 6.31. The van der Waals surface area contributed by atoms with Crippen LogP contribution in [0.4, 0.5) is 0 Å². The molecule has 1 unspecified atom stereocenters. The Morgan fingerprint density at radius 3 is 3.00 bits per heavy atom. The summed E-state index contributed by atoms with van der Waals surface area (Å²) in [6.45, 7) is 0.778. The Kier molecular flexibility index (Phi) is 4.02. The Balaban J connectivity index is 1.66. The highest BCUT2D eigenvalue weighted by Gasteiger charge is 2.27. The standard InChI is InChI=1S/C15H17ClN4O2/c1-19-15(22)20-9-11(6-7-13(20)18-19)14(21)17-8-10-4-2-3-5-12(10)16/h2-5,11H,6-9H2,1H3,(H,17,21). The van der Waals surface area contributed by atoms with Crippen molar-refractivity contribution in [1.29, 1.82) is 0 Å². The van der Waals surface area contributed by atoms with Gasteiger partial charge in [0.25, 0.3) is 0 Å². The van der Waals surface area contributed by atoms with Crippen LogP contribution in [0.25, 0.3) is 0 Å². The smallest absolute Gasteiger partial charge is 0.345 e. The van der Waals surface area contributed by atoms with Crippen molar-refractivity contribution in [2.75, 3.05) is 0 Å². The molecule has 0 saturated heterocycles. The third-order valence-electron chi connectivity index (χ3n) is 3.99. The number of nitrogens with zero attached hydrogens (tertiary/aromatic N) is 3. The Morgan fingerprint density at radius 2 is 2.23 bits per heavy atom. The molecule has 1 aromatic heterocycles. The summed E-state index contributed by atoms with van der Waals surface area (Å²) < 4.78 is 2.91. The van der Waals surface area contributed by atoms with Gasteiger partial charge in [-0.05, 0) is 18.1 Å². The summed E-state index contributed by atoms with van der Waals surface area (Å²) >= 11 is 6.08. The molecule has 1 aromatic carbocycles. The molecule has 0 saturated carbocycles. The van der Waals surface area contributed by atoms with Gasteiger partial charge in [0.2, 0.25) is 5.91 Å². The summed E-state index contributed by atoms with van der Waals surface area (Å²) in [6, 6.07) is 7.42. The van der Waals surface area contributed by atoms with Crippen LogP contribution < -0.4 is 11.0 Å². The van der Waals surface area contributed by atoms with E-state index in [0.29, 0.717) is 31.0 Å². The molecule has 1 amide bonds. The normalized spacial score (nSPS) is 17.1. The van der Waals surface area contributed by atoms with Crippen LogP contribution in [-0.4, -0.2) is 20.3 Å². The molecule has 116 valence electrons. The number of rotatable bonds is 3. The maximum absolute atomic E-state index is 12.3. The van der Waals surface area contributed by atoms with Crippen LogP contribution in [0.3, 0.4) is 0 Å². The molecular formula is C15H17ClN4O2. The maximum Gasteiger partial charge on any atom is 0.345 e. The first-order valence-corrected chi connectivity index (χ1v) is 7.58. The fourth-order valence-electron chi connectivity index (χ4n) is 2.72. The number of aromatic nitrogens is 3. The molecule has 0 fully saturated rings. The Morgan fingerprint density at radius 1 is 1.45 bits per heavy atom. The Hall–Kier alpha value is -2.08. The molecule has 1 aliphatic rings. The van der Waals surface area contributed by atoms with E-state index < -0.39 is 0 Å². The molecule has 1 aliphatic heterocycles. The fraction of sp³-hybridized carbons (Fsp3) is 0.400. The summed E-state index contributed by atoms with van der Waals surface area (Å²) in [6.07, 6.45) is 1.34. The predicted molar refractivity (Wildman–Crippen MR) is 82.6 cm³/mol. The third-order valence-corrected chi connectivity index (χ3v) is 4.35. The van der Waals surface area contributed by atoms with Gasteiger partial charge in [0.05, 0.1) is 5.92 Å². The number of benzene rings is 1. The van der Waals surface area contributed by atoms with Crippen LogP contribution in [0, 0.1) is 5.92 Å². The van der Waals surface area contributed by atoms with Crippen molar-refractivity contribution in [2.45, 2.75) is 25.9 Å². The van der Waals surface area contributed by atoms with Crippen LogP contribution in [0.1, 0.15) is 17.8 Å². The van der Waals surface area contributed by atoms with Gasteiger partial charge in [0.1, 0.15) is 5.82 Å². The summed E-state index contributed by atoms with van der Waals surface area (Å²) in [5.41, 5.74) is 0.714. The quantitative estimate of drug-likeness (QED) is 0.921. The predicted octanol–water partition coefficient (Wildman–Crippen LogP) is 1.11. The van der Waals surface area contributed by atoms with Gasteiger partial charge in [-0.15, -0.1) is 0 Å². The first-order chi connectivity index (χ1) is 10.6. The van der Waals surface area contributed by atoms with Crippen molar-refractivity contribution < 1.29 is 4.79 Å². The van der Waals surface area contributed by atoms with Crippen LogP contribution in [-0.2, 0) is 31.4 Å². The molecule has 1 N–H and O–H groups in total. The van der Waals surface area contributed by atoms with Gasteiger partial charge in [0.15, 0.2) is 0 Å². The minimum absolute atomic E-state index is 0.0543. The molecule has 7 heteroatoms. The third kappa shape index (κ3) is 2.78. The van der Waals surface area contributed by atoms with Crippen LogP contribution in [0.2, 0.25) is 5.02 Å². The van der Waals surface area contributed by atoms with E-state index in [-0.39, 0.29) is 17.5 Å². The zero-order valence-electron chi connectivity index (χ0n) is 12.3. The van der Waals surface area contributed by atoms with Crippen molar-refractivity contribution >= 4 is 17.5 Å². The summed E-state index contributed by atoms with van der Waals surface area (Å²) in [5.74, 6) is 0.487. The molecule has 0 spiro atoms. The zero-order chi connectivity index (χ0) is 15.7. The molecular weight excluding hydrogens is 304 g/mol. The van der Waals surface area contributed by atoms with Gasteiger partial charge in [0, 0.05) is 31.6 Å². The number of nitrogens with one attached hydrogen (secondary N) is 1. The zero-order valence-corrected chi connectivity index (χ0v) is 13.0. The van der Waals surface area contributed by atoms with Crippen molar-refractivity contribution in [2.24, 2.45) is 13.0 Å². The number of carbonyl (C=O) groups excluding carboxylic acids is 1. The van der Waals surface area contributed by atoms with E-state index in [0.717, 1.165) is 11.4 Å². The second-order valence-corrected chi connectivity index (χ2v) is 5.89. The number of hydrogen-bond donors (Lipinski definition) is 1. The lowest BCUT2D eigenvalue weighted by molar-refractivity contribution is -0.126. The highest BCUT2D eigenvalue weighted by atomic mass is 35.5. The molecule has 1 atom stereocenters. The molecule has 22 heavy (non-hydrogen) atoms. The molecule has 3 rings (SSSR count). The average Bonchev–Trinajstić information content (AvgIpc) is 2.81. The number of hydrogen-bond acceptors (Lipinski definition) is 3. The second-order valence-electron chi connectivity index (χ2n) is 5.48. The van der Waals surface area contributed by atoms with Gasteiger partial charge in [-0.2, -0.15) is 5.10 Å². The minimum atomic E-state index is -0.211. The molecule has 6 nitrogen and oxygen atoms in total. The lowest BCUT2D eigenvalue weighted by atomic mass is 9.98. The molecule has 2 aromatic rings. The first kappa shape index (κ1) is 14.8. The van der Waals surface area contributed by atoms with Crippen LogP contribution >= 0.6 is 11.6 Å². The van der Waals surface area contributed by atoms with Gasteiger partial charge >= 0.3 is 5.69 Å². The summed E-state index contributed by atoms with van der Waals surface area (Å²) in [7, 11) is 1.63. The summed E-state index contributed by atoms with van der Waals surface area (Å²) in [4.78, 5) is 24.2. The van der Waals surface area contributed by atoms with Crippen molar-refractivity contribution in [3.8, 4) is 0 Å². The van der Waals surface area contributed by atoms with Crippen molar-refractivity contribution in [3.05, 3.63) is 51.2 Å². The molecule has 0 bridgehead atoms. The SMILES string of the molecule is Cn1nc2n(c1=O)CC(C(=O)NCc1ccccc1Cl)CC2. The highest BCUT2D eigenvalue weighted by Crippen LogP contribution is 2.18. The lowest BCUT2D eigenvalue weighted by Gasteiger charge is -2.21. The van der Waals surface area contributed by atoms with E-state index in [9.17, 15) is 9.59 Å². The van der Waals surface area contributed by atoms with E-state index >= 15 is 0 Å². The summed E-state index contributed by atoms with van der Waals surface area (Å²) in [5, 5.41) is 7.70. The molecule has 0 radical (unpaired) electrons. The van der Waals surface area contributed by atoms with E-state index in [4.69, 9.17) is 11.6 Å². The van der Waals surface area contributed by atoms with Crippen LogP contribution in [0.15, 0.2) is 29.1 Å². The largest absolute Gasteiger partial charge is 0.352 e. The van der Waals surface area contributed by atoms with E-state index in [2.05, 4.69) is 10.4 Å². The maximum atomic E-state index is 12.3. The second kappa shape index (κ2) is 5.96. The number of halogens is 1. The topological polar surface area (TPSA) is 68.9 Å². The minimum Gasteiger partial charge on any atom is -0.352 e. The van der Waals surface area contributed by atoms with E-state index in [1.165, 1.54) is 4.68 Å². The van der Waals surface area contributed by atoms with Crippen molar-refractivity contribution in [1.82, 2.24) is 19.7 Å². The lowest BCUT2D eigenvalue weighted by Crippen LogP contribution is -2.38. The van der Waals surface area contributed by atoms with Gasteiger partial charge in [-0.3, -0.25) is 9.36 Å². The number of amides is 1. The number of aryl methyl sites for hydroxylation is 2. The first-order valence-electron chi connectivity index (χ1n) is 7.20. The number of carbonyl (C=O) groups is 1. The average molecular weight is 321 g/mol.